The zero-order chi connectivity index (χ0) is 20.8. The Bertz CT molecular complexity index is 878. The van der Waals surface area contributed by atoms with Crippen LogP contribution in [0.2, 0.25) is 5.02 Å². The average Bonchev–Trinajstić information content (AvgIpc) is 3.27. The first kappa shape index (κ1) is 21.0. The molecule has 0 atom stereocenters. The largest absolute Gasteiger partial charge is 0.495 e. The summed E-state index contributed by atoms with van der Waals surface area (Å²) in [5.41, 5.74) is 3.25. The number of nitrogens with one attached hydrogen (secondary N) is 2. The van der Waals surface area contributed by atoms with Crippen LogP contribution in [0.4, 0.5) is 5.69 Å². The van der Waals surface area contributed by atoms with Gasteiger partial charge in [0.2, 0.25) is 5.91 Å². The minimum atomic E-state index is -0.142. The van der Waals surface area contributed by atoms with Crippen molar-refractivity contribution in [3.63, 3.8) is 0 Å². The second kappa shape index (κ2) is 9.65. The molecule has 2 N–H and O–H groups in total. The van der Waals surface area contributed by atoms with Gasteiger partial charge in [-0.1, -0.05) is 23.7 Å². The van der Waals surface area contributed by atoms with Crippen molar-refractivity contribution in [2.24, 2.45) is 0 Å². The van der Waals surface area contributed by atoms with Crippen molar-refractivity contribution in [2.45, 2.75) is 26.3 Å². The van der Waals surface area contributed by atoms with Gasteiger partial charge >= 0.3 is 0 Å². The number of ether oxygens (including phenoxy) is 1. The van der Waals surface area contributed by atoms with Crippen LogP contribution in [0.1, 0.15) is 34.3 Å². The van der Waals surface area contributed by atoms with Crippen LogP contribution in [0.25, 0.3) is 0 Å². The van der Waals surface area contributed by atoms with Gasteiger partial charge in [-0.2, -0.15) is 0 Å². The molecule has 0 bridgehead atoms. The molecule has 1 aliphatic heterocycles. The van der Waals surface area contributed by atoms with E-state index in [1.807, 2.05) is 42.2 Å². The Morgan fingerprint density at radius 2 is 1.83 bits per heavy atom. The molecule has 2 aromatic carbocycles. The van der Waals surface area contributed by atoms with E-state index in [0.717, 1.165) is 37.1 Å². The average molecular weight is 416 g/mol. The Kier molecular flexibility index (Phi) is 6.99. The van der Waals surface area contributed by atoms with E-state index in [9.17, 15) is 9.59 Å². The van der Waals surface area contributed by atoms with Crippen molar-refractivity contribution >= 4 is 29.1 Å². The third-order valence-electron chi connectivity index (χ3n) is 5.00. The van der Waals surface area contributed by atoms with Crippen molar-refractivity contribution in [3.8, 4) is 5.75 Å². The number of aryl methyl sites for hydroxylation is 1. The Balaban J connectivity index is 1.49. The first-order chi connectivity index (χ1) is 14.0. The predicted molar refractivity (Wildman–Crippen MR) is 115 cm³/mol. The topological polar surface area (TPSA) is 70.7 Å². The number of halogens is 1. The molecule has 0 radical (unpaired) electrons. The highest BCUT2D eigenvalue weighted by molar-refractivity contribution is 6.31. The summed E-state index contributed by atoms with van der Waals surface area (Å²) in [6.07, 6.45) is 2.15. The Hall–Kier alpha value is -2.73. The van der Waals surface area contributed by atoms with E-state index in [1.54, 1.807) is 13.2 Å². The maximum absolute atomic E-state index is 12.4. The zero-order valence-corrected chi connectivity index (χ0v) is 17.5. The fourth-order valence-corrected chi connectivity index (χ4v) is 3.43. The van der Waals surface area contributed by atoms with E-state index in [1.165, 1.54) is 0 Å². The van der Waals surface area contributed by atoms with Crippen molar-refractivity contribution < 1.29 is 14.3 Å². The van der Waals surface area contributed by atoms with Crippen molar-refractivity contribution in [2.75, 3.05) is 32.1 Å². The van der Waals surface area contributed by atoms with Gasteiger partial charge in [0.05, 0.1) is 19.3 Å². The van der Waals surface area contributed by atoms with Crippen LogP contribution in [0.5, 0.6) is 5.75 Å². The maximum atomic E-state index is 12.4. The van der Waals surface area contributed by atoms with Gasteiger partial charge in [0.15, 0.2) is 0 Å². The molecule has 2 aromatic rings. The summed E-state index contributed by atoms with van der Waals surface area (Å²) in [5, 5.41) is 6.56. The SMILES string of the molecule is COc1cc(Cl)c(C)cc1NCC(=O)NCc1ccc(C(=O)N2CCCC2)cc1. The van der Waals surface area contributed by atoms with Crippen LogP contribution < -0.4 is 15.4 Å². The second-order valence-electron chi connectivity index (χ2n) is 7.13. The number of hydrogen-bond acceptors (Lipinski definition) is 4. The first-order valence-electron chi connectivity index (χ1n) is 9.71. The van der Waals surface area contributed by atoms with Crippen LogP contribution in [0.3, 0.4) is 0 Å². The number of nitrogens with zero attached hydrogens (tertiary/aromatic N) is 1. The van der Waals surface area contributed by atoms with Crippen LogP contribution in [-0.2, 0) is 11.3 Å². The molecule has 6 nitrogen and oxygen atoms in total. The molecule has 0 saturated carbocycles. The molecule has 0 aliphatic carbocycles. The molecular weight excluding hydrogens is 390 g/mol. The Labute approximate surface area is 176 Å². The molecule has 29 heavy (non-hydrogen) atoms. The summed E-state index contributed by atoms with van der Waals surface area (Å²) in [6.45, 7) is 4.08. The molecule has 0 spiro atoms. The molecule has 154 valence electrons. The normalized spacial score (nSPS) is 13.3. The molecule has 1 aliphatic rings. The van der Waals surface area contributed by atoms with Crippen LogP contribution in [-0.4, -0.2) is 43.5 Å². The van der Waals surface area contributed by atoms with Crippen molar-refractivity contribution in [3.05, 3.63) is 58.1 Å². The second-order valence-corrected chi connectivity index (χ2v) is 7.54. The minimum Gasteiger partial charge on any atom is -0.495 e. The van der Waals surface area contributed by atoms with Crippen LogP contribution in [0, 0.1) is 6.92 Å². The van der Waals surface area contributed by atoms with Gasteiger partial charge in [-0.25, -0.2) is 0 Å². The number of rotatable bonds is 7. The number of methoxy groups -OCH3 is 1. The highest BCUT2D eigenvalue weighted by atomic mass is 35.5. The molecule has 3 rings (SSSR count). The summed E-state index contributed by atoms with van der Waals surface area (Å²) in [5.74, 6) is 0.526. The molecule has 7 heteroatoms. The van der Waals surface area contributed by atoms with Crippen molar-refractivity contribution in [1.82, 2.24) is 10.2 Å². The highest BCUT2D eigenvalue weighted by Gasteiger charge is 2.19. The third-order valence-corrected chi connectivity index (χ3v) is 5.41. The lowest BCUT2D eigenvalue weighted by Crippen LogP contribution is -2.29. The Morgan fingerprint density at radius 1 is 1.14 bits per heavy atom. The fourth-order valence-electron chi connectivity index (χ4n) is 3.28. The maximum Gasteiger partial charge on any atom is 0.253 e. The third kappa shape index (κ3) is 5.41. The van der Waals surface area contributed by atoms with E-state index in [0.29, 0.717) is 28.6 Å². The summed E-state index contributed by atoms with van der Waals surface area (Å²) < 4.78 is 5.30. The Morgan fingerprint density at radius 3 is 2.48 bits per heavy atom. The summed E-state index contributed by atoms with van der Waals surface area (Å²) in [7, 11) is 1.56. The number of carbonyl (C=O) groups excluding carboxylic acids is 2. The summed E-state index contributed by atoms with van der Waals surface area (Å²) >= 11 is 6.10. The highest BCUT2D eigenvalue weighted by Crippen LogP contribution is 2.30. The van der Waals surface area contributed by atoms with Gasteiger partial charge in [0.1, 0.15) is 5.75 Å². The van der Waals surface area contributed by atoms with Gasteiger partial charge < -0.3 is 20.3 Å². The standard InChI is InChI=1S/C22H26ClN3O3/c1-15-11-19(20(29-2)12-18(15)23)24-14-21(27)25-13-16-5-7-17(8-6-16)22(28)26-9-3-4-10-26/h5-8,11-12,24H,3-4,9-10,13-14H2,1-2H3,(H,25,27). The molecule has 1 saturated heterocycles. The fraction of sp³-hybridized carbons (Fsp3) is 0.364. The smallest absolute Gasteiger partial charge is 0.253 e. The van der Waals surface area contributed by atoms with Crippen LogP contribution >= 0.6 is 11.6 Å². The van der Waals surface area contributed by atoms with E-state index in [2.05, 4.69) is 10.6 Å². The van der Waals surface area contributed by atoms with E-state index in [-0.39, 0.29) is 18.4 Å². The number of carbonyl (C=O) groups is 2. The zero-order valence-electron chi connectivity index (χ0n) is 16.8. The van der Waals surface area contributed by atoms with E-state index >= 15 is 0 Å². The van der Waals surface area contributed by atoms with Gasteiger partial charge in [0, 0.05) is 36.3 Å². The molecule has 1 heterocycles. The molecular formula is C22H26ClN3O3. The summed E-state index contributed by atoms with van der Waals surface area (Å²) in [6, 6.07) is 11.0. The van der Waals surface area contributed by atoms with Gasteiger partial charge in [-0.05, 0) is 49.1 Å². The minimum absolute atomic E-state index is 0.0782. The lowest BCUT2D eigenvalue weighted by molar-refractivity contribution is -0.119. The molecule has 0 unspecified atom stereocenters. The monoisotopic (exact) mass is 415 g/mol. The quantitative estimate of drug-likeness (QED) is 0.724. The summed E-state index contributed by atoms with van der Waals surface area (Å²) in [4.78, 5) is 26.4. The van der Waals surface area contributed by atoms with Gasteiger partial charge in [0.25, 0.3) is 5.91 Å². The van der Waals surface area contributed by atoms with Gasteiger partial charge in [-0.15, -0.1) is 0 Å². The lowest BCUT2D eigenvalue weighted by Gasteiger charge is -2.15. The number of hydrogen-bond donors (Lipinski definition) is 2. The number of likely N-dealkylation sites (tertiary alicyclic amines) is 1. The first-order valence-corrected chi connectivity index (χ1v) is 10.1. The molecule has 1 fully saturated rings. The predicted octanol–water partition coefficient (Wildman–Crippen LogP) is 3.62. The van der Waals surface area contributed by atoms with E-state index < -0.39 is 0 Å². The number of anilines is 1. The van der Waals surface area contributed by atoms with E-state index in [4.69, 9.17) is 16.3 Å². The number of amides is 2. The van der Waals surface area contributed by atoms with Crippen LogP contribution in [0.15, 0.2) is 36.4 Å². The van der Waals surface area contributed by atoms with Crippen molar-refractivity contribution in [1.29, 1.82) is 0 Å². The number of benzene rings is 2. The molecule has 2 amide bonds. The molecule has 0 aromatic heterocycles. The van der Waals surface area contributed by atoms with Gasteiger partial charge in [-0.3, -0.25) is 9.59 Å². The lowest BCUT2D eigenvalue weighted by atomic mass is 10.1.